The van der Waals surface area contributed by atoms with E-state index in [1.165, 1.54) is 4.90 Å². The average molecular weight is 214 g/mol. The summed E-state index contributed by atoms with van der Waals surface area (Å²) in [5.41, 5.74) is 5.25. The molecule has 13 heavy (non-hydrogen) atoms. The molecule has 1 aliphatic heterocycles. The van der Waals surface area contributed by atoms with Crippen molar-refractivity contribution in [1.82, 2.24) is 4.90 Å². The molecule has 0 unspecified atom stereocenters. The second kappa shape index (κ2) is 4.52. The zero-order valence-electron chi connectivity index (χ0n) is 7.18. The molecule has 0 aromatic rings. The summed E-state index contributed by atoms with van der Waals surface area (Å²) < 4.78 is 36.2. The van der Waals surface area contributed by atoms with E-state index in [0.717, 1.165) is 11.5 Å². The van der Waals surface area contributed by atoms with Crippen LogP contribution < -0.4 is 5.73 Å². The molecule has 0 aromatic heterocycles. The third-order valence-corrected chi connectivity index (χ3v) is 3.18. The molecule has 2 nitrogen and oxygen atoms in total. The summed E-state index contributed by atoms with van der Waals surface area (Å²) in [6.45, 7) is -0.197. The van der Waals surface area contributed by atoms with Gasteiger partial charge in [0.05, 0.1) is 6.54 Å². The first-order chi connectivity index (χ1) is 6.03. The molecule has 1 saturated heterocycles. The zero-order valence-corrected chi connectivity index (χ0v) is 8.00. The molecule has 0 aliphatic carbocycles. The van der Waals surface area contributed by atoms with Gasteiger partial charge in [-0.3, -0.25) is 4.90 Å². The predicted molar refractivity (Wildman–Crippen MR) is 47.8 cm³/mol. The molecule has 0 aromatic carbocycles. The number of nitrogens with two attached hydrogens (primary N) is 1. The monoisotopic (exact) mass is 214 g/mol. The Morgan fingerprint density at radius 3 is 2.31 bits per heavy atom. The van der Waals surface area contributed by atoms with Crippen LogP contribution in [0, 0.1) is 0 Å². The molecular formula is C7H13F3N2S. The number of rotatable bonds is 4. The highest BCUT2D eigenvalue weighted by Gasteiger charge is 2.35. The van der Waals surface area contributed by atoms with Crippen LogP contribution in [0.3, 0.4) is 0 Å². The van der Waals surface area contributed by atoms with Crippen LogP contribution in [-0.2, 0) is 0 Å². The molecule has 0 amide bonds. The van der Waals surface area contributed by atoms with Crippen LogP contribution in [-0.4, -0.2) is 48.3 Å². The fourth-order valence-corrected chi connectivity index (χ4v) is 2.09. The van der Waals surface area contributed by atoms with Gasteiger partial charge in [-0.15, -0.1) is 0 Å². The summed E-state index contributed by atoms with van der Waals surface area (Å²) in [6.07, 6.45) is -4.10. The van der Waals surface area contributed by atoms with E-state index in [1.807, 2.05) is 0 Å². The third-order valence-electron chi connectivity index (χ3n) is 1.94. The van der Waals surface area contributed by atoms with Crippen LogP contribution in [0.25, 0.3) is 0 Å². The molecular weight excluding hydrogens is 201 g/mol. The van der Waals surface area contributed by atoms with Crippen LogP contribution in [0.4, 0.5) is 13.2 Å². The molecule has 2 N–H and O–H groups in total. The Morgan fingerprint density at radius 2 is 2.00 bits per heavy atom. The van der Waals surface area contributed by atoms with Crippen LogP contribution in [0.1, 0.15) is 0 Å². The Balaban J connectivity index is 2.37. The fraction of sp³-hybridized carbons (Fsp3) is 1.00. The lowest BCUT2D eigenvalue weighted by Gasteiger charge is -2.37. The second-order valence-corrected chi connectivity index (χ2v) is 4.14. The average Bonchev–Trinajstić information content (AvgIpc) is 1.79. The SMILES string of the molecule is NCCN(CC(F)(F)F)C1CSC1. The van der Waals surface area contributed by atoms with Crippen molar-refractivity contribution >= 4 is 11.8 Å². The highest BCUT2D eigenvalue weighted by molar-refractivity contribution is 8.00. The Labute approximate surface area is 79.6 Å². The van der Waals surface area contributed by atoms with Crippen molar-refractivity contribution in [1.29, 1.82) is 0 Å². The van der Waals surface area contributed by atoms with E-state index in [2.05, 4.69) is 0 Å². The molecule has 0 bridgehead atoms. The van der Waals surface area contributed by atoms with Crippen molar-refractivity contribution in [2.75, 3.05) is 31.1 Å². The maximum absolute atomic E-state index is 12.1. The maximum Gasteiger partial charge on any atom is 0.401 e. The van der Waals surface area contributed by atoms with Crippen molar-refractivity contribution in [3.05, 3.63) is 0 Å². The number of halogens is 3. The summed E-state index contributed by atoms with van der Waals surface area (Å²) in [4.78, 5) is 1.43. The van der Waals surface area contributed by atoms with Gasteiger partial charge in [-0.2, -0.15) is 24.9 Å². The van der Waals surface area contributed by atoms with E-state index in [4.69, 9.17) is 5.73 Å². The molecule has 0 saturated carbocycles. The number of alkyl halides is 3. The van der Waals surface area contributed by atoms with Crippen molar-refractivity contribution in [3.63, 3.8) is 0 Å². The standard InChI is InChI=1S/C7H13F3N2S/c8-7(9,10)5-12(2-1-11)6-3-13-4-6/h6H,1-5,11H2. The molecule has 1 fully saturated rings. The van der Waals surface area contributed by atoms with Gasteiger partial charge in [0, 0.05) is 30.6 Å². The first-order valence-electron chi connectivity index (χ1n) is 4.11. The van der Waals surface area contributed by atoms with E-state index in [0.29, 0.717) is 6.54 Å². The highest BCUT2D eigenvalue weighted by atomic mass is 32.2. The van der Waals surface area contributed by atoms with Gasteiger partial charge in [0.25, 0.3) is 0 Å². The van der Waals surface area contributed by atoms with Crippen LogP contribution in [0.5, 0.6) is 0 Å². The van der Waals surface area contributed by atoms with E-state index < -0.39 is 12.7 Å². The Bertz CT molecular complexity index is 158. The summed E-state index contributed by atoms with van der Waals surface area (Å²) in [5.74, 6) is 1.60. The van der Waals surface area contributed by atoms with Gasteiger partial charge in [-0.05, 0) is 0 Å². The number of nitrogens with zero attached hydrogens (tertiary/aromatic N) is 1. The Morgan fingerprint density at radius 1 is 1.38 bits per heavy atom. The summed E-state index contributed by atoms with van der Waals surface area (Å²) in [5, 5.41) is 0. The molecule has 0 radical (unpaired) electrons. The molecule has 78 valence electrons. The molecule has 0 atom stereocenters. The molecule has 0 spiro atoms. The quantitative estimate of drug-likeness (QED) is 0.754. The van der Waals surface area contributed by atoms with Crippen molar-refractivity contribution in [2.24, 2.45) is 5.73 Å². The minimum Gasteiger partial charge on any atom is -0.329 e. The fourth-order valence-electron chi connectivity index (χ4n) is 1.22. The topological polar surface area (TPSA) is 29.3 Å². The van der Waals surface area contributed by atoms with Crippen molar-refractivity contribution in [3.8, 4) is 0 Å². The van der Waals surface area contributed by atoms with Crippen LogP contribution >= 0.6 is 11.8 Å². The third kappa shape index (κ3) is 3.74. The van der Waals surface area contributed by atoms with Crippen molar-refractivity contribution in [2.45, 2.75) is 12.2 Å². The smallest absolute Gasteiger partial charge is 0.329 e. The van der Waals surface area contributed by atoms with Crippen LogP contribution in [0.2, 0.25) is 0 Å². The second-order valence-electron chi connectivity index (χ2n) is 3.07. The molecule has 1 rings (SSSR count). The molecule has 1 heterocycles. The number of hydrogen-bond acceptors (Lipinski definition) is 3. The lowest BCUT2D eigenvalue weighted by Crippen LogP contribution is -2.50. The number of hydrogen-bond donors (Lipinski definition) is 1. The zero-order chi connectivity index (χ0) is 9.90. The lowest BCUT2D eigenvalue weighted by atomic mass is 10.3. The minimum atomic E-state index is -4.10. The Kier molecular flexibility index (Phi) is 3.87. The Hall–Kier alpha value is 0.0600. The van der Waals surface area contributed by atoms with E-state index in [-0.39, 0.29) is 12.6 Å². The van der Waals surface area contributed by atoms with Gasteiger partial charge in [-0.1, -0.05) is 0 Å². The maximum atomic E-state index is 12.1. The van der Waals surface area contributed by atoms with Crippen molar-refractivity contribution < 1.29 is 13.2 Å². The lowest BCUT2D eigenvalue weighted by molar-refractivity contribution is -0.149. The largest absolute Gasteiger partial charge is 0.401 e. The van der Waals surface area contributed by atoms with Gasteiger partial charge in [0.1, 0.15) is 0 Å². The predicted octanol–water partition coefficient (Wildman–Crippen LogP) is 0.925. The minimum absolute atomic E-state index is 0.0789. The summed E-state index contributed by atoms with van der Waals surface area (Å²) >= 11 is 1.68. The van der Waals surface area contributed by atoms with E-state index in [9.17, 15) is 13.2 Å². The van der Waals surface area contributed by atoms with Gasteiger partial charge in [-0.25, -0.2) is 0 Å². The number of thioether (sulfide) groups is 1. The summed E-state index contributed by atoms with van der Waals surface area (Å²) in [7, 11) is 0. The molecule has 1 aliphatic rings. The highest BCUT2D eigenvalue weighted by Crippen LogP contribution is 2.26. The van der Waals surface area contributed by atoms with Gasteiger partial charge < -0.3 is 5.73 Å². The van der Waals surface area contributed by atoms with Gasteiger partial charge in [0.15, 0.2) is 0 Å². The first kappa shape index (κ1) is 11.1. The van der Waals surface area contributed by atoms with E-state index in [1.54, 1.807) is 11.8 Å². The van der Waals surface area contributed by atoms with E-state index >= 15 is 0 Å². The van der Waals surface area contributed by atoms with Gasteiger partial charge in [0.2, 0.25) is 0 Å². The normalized spacial score (nSPS) is 19.2. The van der Waals surface area contributed by atoms with Crippen LogP contribution in [0.15, 0.2) is 0 Å². The summed E-state index contributed by atoms with van der Waals surface area (Å²) in [6, 6.07) is 0.0789. The first-order valence-corrected chi connectivity index (χ1v) is 5.27. The van der Waals surface area contributed by atoms with Gasteiger partial charge >= 0.3 is 6.18 Å². The molecule has 6 heteroatoms.